The van der Waals surface area contributed by atoms with Gasteiger partial charge in [0.15, 0.2) is 17.3 Å². The molecule has 1 heterocycles. The molecular formula is C20H18ClFN4O4S. The Kier molecular flexibility index (Phi) is 6.62. The van der Waals surface area contributed by atoms with Crippen molar-refractivity contribution in [2.75, 3.05) is 21.5 Å². The van der Waals surface area contributed by atoms with Crippen LogP contribution >= 0.6 is 11.6 Å². The van der Waals surface area contributed by atoms with Gasteiger partial charge in [-0.15, -0.1) is 0 Å². The fraction of sp³-hybridized carbons (Fsp3) is 0.100. The number of pyridine rings is 1. The Balaban J connectivity index is 1.64. The average molecular weight is 465 g/mol. The van der Waals surface area contributed by atoms with Gasteiger partial charge in [-0.1, -0.05) is 29.3 Å². The first-order valence-corrected chi connectivity index (χ1v) is 10.9. The van der Waals surface area contributed by atoms with Crippen LogP contribution in [-0.2, 0) is 14.8 Å². The maximum Gasteiger partial charge on any atom is 0.241 e. The molecule has 2 aromatic carbocycles. The quantitative estimate of drug-likeness (QED) is 0.486. The van der Waals surface area contributed by atoms with Crippen molar-refractivity contribution in [2.24, 2.45) is 0 Å². The van der Waals surface area contributed by atoms with Crippen molar-refractivity contribution in [1.29, 1.82) is 0 Å². The molecule has 1 aromatic heterocycles. The SMILES string of the molecule is Cc1ccc(NS(=O)(=O)CC(=O)Nc2ccc(Oc3ccnc(N)c3Cl)c(F)c2)cc1. The number of amides is 1. The third-order valence-electron chi connectivity index (χ3n) is 3.96. The van der Waals surface area contributed by atoms with Gasteiger partial charge in [-0.25, -0.2) is 17.8 Å². The number of rotatable bonds is 7. The third kappa shape index (κ3) is 6.06. The van der Waals surface area contributed by atoms with Gasteiger partial charge in [0.2, 0.25) is 15.9 Å². The van der Waals surface area contributed by atoms with E-state index >= 15 is 0 Å². The van der Waals surface area contributed by atoms with Gasteiger partial charge < -0.3 is 15.8 Å². The number of nitrogens with one attached hydrogen (secondary N) is 2. The van der Waals surface area contributed by atoms with Gasteiger partial charge >= 0.3 is 0 Å². The summed E-state index contributed by atoms with van der Waals surface area (Å²) >= 11 is 5.97. The minimum atomic E-state index is -3.95. The van der Waals surface area contributed by atoms with Crippen molar-refractivity contribution in [3.05, 3.63) is 71.1 Å². The highest BCUT2D eigenvalue weighted by Crippen LogP contribution is 2.33. The zero-order valence-electron chi connectivity index (χ0n) is 16.2. The summed E-state index contributed by atoms with van der Waals surface area (Å²) in [6.45, 7) is 1.86. The van der Waals surface area contributed by atoms with Crippen LogP contribution < -0.4 is 20.5 Å². The van der Waals surface area contributed by atoms with Gasteiger partial charge in [0.25, 0.3) is 0 Å². The average Bonchev–Trinajstić information content (AvgIpc) is 2.68. The van der Waals surface area contributed by atoms with Crippen molar-refractivity contribution >= 4 is 44.7 Å². The number of hydrogen-bond donors (Lipinski definition) is 3. The lowest BCUT2D eigenvalue weighted by atomic mass is 10.2. The maximum absolute atomic E-state index is 14.4. The number of halogens is 2. The highest BCUT2D eigenvalue weighted by molar-refractivity contribution is 7.93. The van der Waals surface area contributed by atoms with Crippen LogP contribution in [0.25, 0.3) is 0 Å². The smallest absolute Gasteiger partial charge is 0.241 e. The van der Waals surface area contributed by atoms with Crippen LogP contribution in [-0.4, -0.2) is 25.1 Å². The molecule has 0 aliphatic heterocycles. The monoisotopic (exact) mass is 464 g/mol. The number of aryl methyl sites for hydroxylation is 1. The zero-order valence-corrected chi connectivity index (χ0v) is 17.8. The van der Waals surface area contributed by atoms with E-state index in [1.807, 2.05) is 6.92 Å². The number of nitrogens with two attached hydrogens (primary N) is 1. The lowest BCUT2D eigenvalue weighted by molar-refractivity contribution is -0.113. The minimum absolute atomic E-state index is 0.0314. The minimum Gasteiger partial charge on any atom is -0.453 e. The fourth-order valence-electron chi connectivity index (χ4n) is 2.51. The van der Waals surface area contributed by atoms with Gasteiger partial charge in [-0.2, -0.15) is 0 Å². The van der Waals surface area contributed by atoms with Crippen LogP contribution in [0.3, 0.4) is 0 Å². The van der Waals surface area contributed by atoms with E-state index in [2.05, 4.69) is 15.0 Å². The molecule has 31 heavy (non-hydrogen) atoms. The molecule has 1 amide bonds. The van der Waals surface area contributed by atoms with E-state index in [4.69, 9.17) is 22.1 Å². The molecule has 0 aliphatic rings. The van der Waals surface area contributed by atoms with E-state index in [0.29, 0.717) is 5.69 Å². The summed E-state index contributed by atoms with van der Waals surface area (Å²) in [5.41, 5.74) is 6.93. The molecular weight excluding hydrogens is 447 g/mol. The summed E-state index contributed by atoms with van der Waals surface area (Å²) in [5.74, 6) is -2.50. The molecule has 0 unspecified atom stereocenters. The number of benzene rings is 2. The summed E-state index contributed by atoms with van der Waals surface area (Å²) in [6, 6.07) is 11.7. The Morgan fingerprint density at radius 1 is 1.13 bits per heavy atom. The maximum atomic E-state index is 14.4. The highest BCUT2D eigenvalue weighted by Gasteiger charge is 2.18. The third-order valence-corrected chi connectivity index (χ3v) is 5.53. The van der Waals surface area contributed by atoms with E-state index in [9.17, 15) is 17.6 Å². The molecule has 11 heteroatoms. The van der Waals surface area contributed by atoms with Crippen molar-refractivity contribution in [2.45, 2.75) is 6.92 Å². The Morgan fingerprint density at radius 2 is 1.81 bits per heavy atom. The van der Waals surface area contributed by atoms with Crippen LogP contribution in [0.15, 0.2) is 54.7 Å². The van der Waals surface area contributed by atoms with Gasteiger partial charge in [0, 0.05) is 29.7 Å². The van der Waals surface area contributed by atoms with E-state index in [-0.39, 0.29) is 28.0 Å². The van der Waals surface area contributed by atoms with E-state index in [0.717, 1.165) is 11.6 Å². The molecule has 3 rings (SSSR count). The molecule has 0 saturated heterocycles. The second-order valence-electron chi connectivity index (χ2n) is 6.53. The number of ether oxygens (including phenoxy) is 1. The lowest BCUT2D eigenvalue weighted by Crippen LogP contribution is -2.27. The van der Waals surface area contributed by atoms with Gasteiger partial charge in [-0.05, 0) is 31.2 Å². The zero-order chi connectivity index (χ0) is 22.6. The van der Waals surface area contributed by atoms with Gasteiger partial charge in [-0.3, -0.25) is 9.52 Å². The van der Waals surface area contributed by atoms with Crippen molar-refractivity contribution in [3.8, 4) is 11.5 Å². The number of anilines is 3. The van der Waals surface area contributed by atoms with E-state index in [1.54, 1.807) is 24.3 Å². The van der Waals surface area contributed by atoms with Crippen molar-refractivity contribution in [3.63, 3.8) is 0 Å². The number of sulfonamides is 1. The number of aromatic nitrogens is 1. The first-order valence-electron chi connectivity index (χ1n) is 8.87. The van der Waals surface area contributed by atoms with Crippen LogP contribution in [0.2, 0.25) is 5.02 Å². The van der Waals surface area contributed by atoms with Crippen molar-refractivity contribution < 1.29 is 22.3 Å². The predicted molar refractivity (Wildman–Crippen MR) is 117 cm³/mol. The second-order valence-corrected chi connectivity index (χ2v) is 8.63. The first-order chi connectivity index (χ1) is 14.6. The molecule has 162 valence electrons. The predicted octanol–water partition coefficient (Wildman–Crippen LogP) is 3.94. The Bertz CT molecular complexity index is 1220. The number of nitrogen functional groups attached to an aromatic ring is 1. The molecule has 0 aliphatic carbocycles. The Labute approximate surface area is 183 Å². The highest BCUT2D eigenvalue weighted by atomic mass is 35.5. The standard InChI is InChI=1S/C20H18ClFN4O4S/c1-12-2-4-13(5-3-12)26-31(28,29)11-18(27)25-14-6-7-16(15(22)10-14)30-17-8-9-24-20(23)19(17)21/h2-10,26H,11H2,1H3,(H2,23,24)(H,25,27). The first kappa shape index (κ1) is 22.3. The topological polar surface area (TPSA) is 123 Å². The second kappa shape index (κ2) is 9.19. The normalized spacial score (nSPS) is 11.1. The summed E-state index contributed by atoms with van der Waals surface area (Å²) in [6.07, 6.45) is 1.36. The fourth-order valence-corrected chi connectivity index (χ4v) is 3.64. The van der Waals surface area contributed by atoms with Gasteiger partial charge in [0.1, 0.15) is 16.6 Å². The Morgan fingerprint density at radius 3 is 2.48 bits per heavy atom. The molecule has 0 saturated carbocycles. The molecule has 0 fully saturated rings. The van der Waals surface area contributed by atoms with Crippen LogP contribution in [0.5, 0.6) is 11.5 Å². The molecule has 4 N–H and O–H groups in total. The number of nitrogens with zero attached hydrogens (tertiary/aromatic N) is 1. The molecule has 0 radical (unpaired) electrons. The van der Waals surface area contributed by atoms with Crippen LogP contribution in [0.4, 0.5) is 21.6 Å². The summed E-state index contributed by atoms with van der Waals surface area (Å²) in [5, 5.41) is 2.37. The molecule has 0 atom stereocenters. The molecule has 0 spiro atoms. The van der Waals surface area contributed by atoms with Crippen LogP contribution in [0.1, 0.15) is 5.56 Å². The number of hydrogen-bond acceptors (Lipinski definition) is 6. The van der Waals surface area contributed by atoms with E-state index in [1.165, 1.54) is 24.4 Å². The van der Waals surface area contributed by atoms with Crippen LogP contribution in [0, 0.1) is 12.7 Å². The molecule has 0 bridgehead atoms. The summed E-state index contributed by atoms with van der Waals surface area (Å²) < 4.78 is 46.4. The lowest BCUT2D eigenvalue weighted by Gasteiger charge is -2.11. The summed E-state index contributed by atoms with van der Waals surface area (Å²) in [4.78, 5) is 15.9. The number of carbonyl (C=O) groups excluding carboxylic acids is 1. The molecule has 3 aromatic rings. The number of carbonyl (C=O) groups is 1. The van der Waals surface area contributed by atoms with Crippen molar-refractivity contribution in [1.82, 2.24) is 4.98 Å². The Hall–Kier alpha value is -3.37. The largest absolute Gasteiger partial charge is 0.453 e. The summed E-state index contributed by atoms with van der Waals surface area (Å²) in [7, 11) is -3.95. The molecule has 8 nitrogen and oxygen atoms in total. The van der Waals surface area contributed by atoms with E-state index < -0.39 is 27.5 Å². The van der Waals surface area contributed by atoms with Gasteiger partial charge in [0.05, 0.1) is 0 Å².